The molecule has 0 radical (unpaired) electrons. The summed E-state index contributed by atoms with van der Waals surface area (Å²) in [5, 5.41) is 14.4. The number of aryl methyl sites for hydroxylation is 1. The lowest BCUT2D eigenvalue weighted by Gasteiger charge is -2.16. The molecular weight excluding hydrogens is 442 g/mol. The number of hydrogen-bond acceptors (Lipinski definition) is 7. The van der Waals surface area contributed by atoms with Gasteiger partial charge in [-0.05, 0) is 64.0 Å². The van der Waals surface area contributed by atoms with E-state index >= 15 is 0 Å². The largest absolute Gasteiger partial charge is 0.351 e. The topological polar surface area (TPSA) is 107 Å². The monoisotopic (exact) mass is 477 g/mol. The Morgan fingerprint density at radius 2 is 1.74 bits per heavy atom. The Balaban J connectivity index is 0.000000322. The molecule has 186 valence electrons. The number of fused-ring (bicyclic) bond motifs is 1. The Morgan fingerprint density at radius 1 is 1.11 bits per heavy atom. The molecule has 0 bridgehead atoms. The quantitative estimate of drug-likeness (QED) is 0.296. The van der Waals surface area contributed by atoms with Crippen molar-refractivity contribution in [2.75, 3.05) is 25.5 Å². The maximum atomic E-state index is 11.1. The second kappa shape index (κ2) is 16.8. The van der Waals surface area contributed by atoms with Crippen LogP contribution in [0.3, 0.4) is 0 Å². The number of anilines is 1. The Labute approximate surface area is 207 Å². The molecule has 1 fully saturated rings. The Kier molecular flexibility index (Phi) is 14.0. The molecule has 2 aromatic carbocycles. The third kappa shape index (κ3) is 10.8. The van der Waals surface area contributed by atoms with Gasteiger partial charge in [-0.15, -0.1) is 12.3 Å². The highest BCUT2D eigenvalue weighted by Gasteiger charge is 2.15. The first-order chi connectivity index (χ1) is 17.0. The zero-order valence-corrected chi connectivity index (χ0v) is 20.7. The minimum Gasteiger partial charge on any atom is -0.351 e. The van der Waals surface area contributed by atoms with Crippen molar-refractivity contribution in [3.05, 3.63) is 66.0 Å². The van der Waals surface area contributed by atoms with Gasteiger partial charge in [-0.1, -0.05) is 48.0 Å². The van der Waals surface area contributed by atoms with Crippen LogP contribution in [-0.2, 0) is 4.79 Å². The van der Waals surface area contributed by atoms with Crippen LogP contribution in [0.4, 0.5) is 5.95 Å². The third-order valence-electron chi connectivity index (χ3n) is 5.21. The number of hydroxylamine groups is 1. The summed E-state index contributed by atoms with van der Waals surface area (Å²) in [6.07, 6.45) is 10.7. The van der Waals surface area contributed by atoms with Gasteiger partial charge in [0.1, 0.15) is 6.79 Å². The molecule has 1 aliphatic rings. The highest BCUT2D eigenvalue weighted by atomic mass is 16.5. The van der Waals surface area contributed by atoms with Crippen molar-refractivity contribution < 1.29 is 14.8 Å². The normalized spacial score (nSPS) is 14.8. The number of nitrogens with one attached hydrogen (secondary N) is 2. The molecule has 0 saturated carbocycles. The zero-order valence-electron chi connectivity index (χ0n) is 20.7. The average molecular weight is 478 g/mol. The number of aromatic nitrogens is 2. The fourth-order valence-corrected chi connectivity index (χ4v) is 3.46. The lowest BCUT2D eigenvalue weighted by atomic mass is 10.1. The summed E-state index contributed by atoms with van der Waals surface area (Å²) in [4.78, 5) is 29.6. The van der Waals surface area contributed by atoms with Crippen LogP contribution >= 0.6 is 0 Å². The van der Waals surface area contributed by atoms with Gasteiger partial charge in [-0.2, -0.15) is 0 Å². The molecule has 3 aromatic rings. The van der Waals surface area contributed by atoms with E-state index in [1.54, 1.807) is 12.4 Å². The van der Waals surface area contributed by atoms with Crippen LogP contribution in [-0.4, -0.2) is 59.0 Å². The Bertz CT molecular complexity index is 1070. The summed E-state index contributed by atoms with van der Waals surface area (Å²) in [7, 11) is 2.13. The highest BCUT2D eigenvalue weighted by molar-refractivity contribution is 5.92. The van der Waals surface area contributed by atoms with Crippen molar-refractivity contribution in [1.82, 2.24) is 20.3 Å². The van der Waals surface area contributed by atoms with E-state index in [4.69, 9.17) is 10.0 Å². The summed E-state index contributed by atoms with van der Waals surface area (Å²) < 4.78 is 0. The van der Waals surface area contributed by atoms with E-state index in [0.29, 0.717) is 12.0 Å². The van der Waals surface area contributed by atoms with E-state index in [-0.39, 0.29) is 5.56 Å². The van der Waals surface area contributed by atoms with Gasteiger partial charge in [0.15, 0.2) is 0 Å². The highest BCUT2D eigenvalue weighted by Crippen LogP contribution is 2.15. The maximum Gasteiger partial charge on any atom is 0.277 e. The minimum atomic E-state index is -0.609. The predicted octanol–water partition coefficient (Wildman–Crippen LogP) is 4.09. The van der Waals surface area contributed by atoms with Gasteiger partial charge in [0.25, 0.3) is 5.91 Å². The summed E-state index contributed by atoms with van der Waals surface area (Å²) >= 11 is 0. The van der Waals surface area contributed by atoms with E-state index in [1.807, 2.05) is 6.79 Å². The number of benzene rings is 2. The van der Waals surface area contributed by atoms with Crippen LogP contribution in [0.5, 0.6) is 0 Å². The predicted molar refractivity (Wildman–Crippen MR) is 140 cm³/mol. The summed E-state index contributed by atoms with van der Waals surface area (Å²) in [6, 6.07) is 15.3. The van der Waals surface area contributed by atoms with Gasteiger partial charge in [0.2, 0.25) is 5.95 Å². The lowest BCUT2D eigenvalue weighted by molar-refractivity contribution is -0.0980. The second-order valence-electron chi connectivity index (χ2n) is 7.95. The van der Waals surface area contributed by atoms with Gasteiger partial charge in [-0.3, -0.25) is 10.0 Å². The first-order valence-corrected chi connectivity index (χ1v) is 11.3. The fraction of sp³-hybridized carbons (Fsp3) is 0.333. The Morgan fingerprint density at radius 3 is 2.37 bits per heavy atom. The molecule has 0 aliphatic carbocycles. The first kappa shape index (κ1) is 29.2. The Hall–Kier alpha value is -3.80. The molecule has 1 amide bonds. The van der Waals surface area contributed by atoms with Gasteiger partial charge >= 0.3 is 0 Å². The number of carbonyl (C=O) groups is 2. The maximum absolute atomic E-state index is 11.1. The van der Waals surface area contributed by atoms with E-state index in [1.165, 1.54) is 28.7 Å². The number of nitrogens with zero attached hydrogens (tertiary/aromatic N) is 3. The molecule has 2 heterocycles. The van der Waals surface area contributed by atoms with E-state index < -0.39 is 5.91 Å². The smallest absolute Gasteiger partial charge is 0.277 e. The van der Waals surface area contributed by atoms with E-state index in [9.17, 15) is 4.79 Å². The number of carbonyl (C=O) groups excluding carboxylic acids is 2. The molecule has 0 spiro atoms. The van der Waals surface area contributed by atoms with Crippen LogP contribution in [0.2, 0.25) is 0 Å². The molecule has 8 heteroatoms. The molecule has 8 nitrogen and oxygen atoms in total. The van der Waals surface area contributed by atoms with Crippen LogP contribution in [0.25, 0.3) is 10.8 Å². The summed E-state index contributed by atoms with van der Waals surface area (Å²) in [6.45, 7) is 7.95. The molecule has 3 N–H and O–H groups in total. The van der Waals surface area contributed by atoms with Gasteiger partial charge in [-0.25, -0.2) is 15.4 Å². The van der Waals surface area contributed by atoms with Crippen molar-refractivity contribution in [1.29, 1.82) is 0 Å². The zero-order chi connectivity index (χ0) is 26.1. The van der Waals surface area contributed by atoms with E-state index in [2.05, 4.69) is 89.0 Å². The van der Waals surface area contributed by atoms with Crippen molar-refractivity contribution in [3.63, 3.8) is 0 Å². The second-order valence-corrected chi connectivity index (χ2v) is 7.95. The minimum absolute atomic E-state index is 0.230. The molecule has 4 rings (SSSR count). The van der Waals surface area contributed by atoms with Gasteiger partial charge < -0.3 is 15.0 Å². The number of amides is 1. The summed E-state index contributed by atoms with van der Waals surface area (Å²) in [5.74, 6) is 2.16. The summed E-state index contributed by atoms with van der Waals surface area (Å²) in [5.41, 5.74) is 3.10. The van der Waals surface area contributed by atoms with Crippen LogP contribution in [0.1, 0.15) is 42.1 Å². The first-order valence-electron chi connectivity index (χ1n) is 11.3. The molecule has 1 aliphatic heterocycles. The van der Waals surface area contributed by atoms with Crippen molar-refractivity contribution in [2.45, 2.75) is 39.2 Å². The van der Waals surface area contributed by atoms with Gasteiger partial charge in [0, 0.05) is 18.4 Å². The fourth-order valence-electron chi connectivity index (χ4n) is 3.46. The molecule has 1 saturated heterocycles. The molecule has 1 unspecified atom stereocenters. The SMILES string of the molecule is C#CC.C=O.CN1CCCC(Nc2ncc(C(=O)NO)cn2)CC1.Cc1ccc2ccccc2c1. The van der Waals surface area contributed by atoms with Crippen LogP contribution in [0.15, 0.2) is 54.9 Å². The van der Waals surface area contributed by atoms with E-state index in [0.717, 1.165) is 32.4 Å². The number of terminal acetylenes is 1. The average Bonchev–Trinajstić information content (AvgIpc) is 3.09. The number of hydrogen-bond donors (Lipinski definition) is 3. The lowest BCUT2D eigenvalue weighted by Crippen LogP contribution is -2.24. The van der Waals surface area contributed by atoms with Crippen molar-refractivity contribution in [3.8, 4) is 12.3 Å². The molecular formula is C27H35N5O3. The number of rotatable bonds is 3. The molecule has 35 heavy (non-hydrogen) atoms. The third-order valence-corrected chi connectivity index (χ3v) is 5.21. The van der Waals surface area contributed by atoms with Crippen LogP contribution < -0.4 is 10.8 Å². The molecule has 1 atom stereocenters. The molecule has 1 aromatic heterocycles. The number of likely N-dealkylation sites (tertiary alicyclic amines) is 1. The van der Waals surface area contributed by atoms with Crippen LogP contribution in [0, 0.1) is 19.3 Å². The standard InChI is InChI=1S/C12H19N5O2.C11H10.C3H4.CH2O/c1-17-5-2-3-10(4-6-17)15-12-13-7-9(8-14-12)11(18)16-19;1-9-6-7-10-4-2-3-5-11(10)8-9;1-3-2;1-2/h7-8,10,19H,2-6H2,1H3,(H,16,18)(H,13,14,15);2-8H,1H3;1H,2H3;1H2. The van der Waals surface area contributed by atoms with Crippen molar-refractivity contribution in [2.24, 2.45) is 0 Å². The van der Waals surface area contributed by atoms with Gasteiger partial charge in [0.05, 0.1) is 5.56 Å². The van der Waals surface area contributed by atoms with Crippen molar-refractivity contribution >= 4 is 29.4 Å².